The molecule has 1 aromatic carbocycles. The first-order valence-electron chi connectivity index (χ1n) is 9.50. The first-order chi connectivity index (χ1) is 12.8. The minimum absolute atomic E-state index is 0.0526. The molecule has 0 radical (unpaired) electrons. The van der Waals surface area contributed by atoms with Crippen LogP contribution in [0.25, 0.3) is 0 Å². The second-order valence-corrected chi connectivity index (χ2v) is 8.09. The zero-order chi connectivity index (χ0) is 19.6. The van der Waals surface area contributed by atoms with Crippen LogP contribution in [0.15, 0.2) is 18.2 Å². The van der Waals surface area contributed by atoms with Gasteiger partial charge in [0.05, 0.1) is 12.5 Å². The number of aliphatic carboxylic acids is 1. The lowest BCUT2D eigenvalue weighted by Gasteiger charge is -2.39. The lowest BCUT2D eigenvalue weighted by atomic mass is 9.91. The van der Waals surface area contributed by atoms with Gasteiger partial charge in [-0.1, -0.05) is 0 Å². The van der Waals surface area contributed by atoms with E-state index in [0.29, 0.717) is 13.1 Å². The van der Waals surface area contributed by atoms with Crippen LogP contribution in [0.4, 0.5) is 10.5 Å². The molecule has 7 nitrogen and oxygen atoms in total. The predicted octanol–water partition coefficient (Wildman–Crippen LogP) is 2.66. The van der Waals surface area contributed by atoms with Gasteiger partial charge in [-0.3, -0.25) is 4.79 Å². The van der Waals surface area contributed by atoms with Gasteiger partial charge in [-0.15, -0.1) is 0 Å². The Hall–Kier alpha value is -2.28. The third-order valence-corrected chi connectivity index (χ3v) is 5.63. The number of rotatable bonds is 5. The van der Waals surface area contributed by atoms with Gasteiger partial charge in [0.2, 0.25) is 0 Å². The summed E-state index contributed by atoms with van der Waals surface area (Å²) in [6.07, 6.45) is 2.52. The average Bonchev–Trinajstić information content (AvgIpc) is 2.79. The molecule has 2 N–H and O–H groups in total. The molecule has 2 amide bonds. The predicted molar refractivity (Wildman–Crippen MR) is 103 cm³/mol. The highest BCUT2D eigenvalue weighted by atomic mass is 16.5. The SMILES string of the molecule is COc1ccc2c(c1)CCN(C1CCN(CC(C)(C)C(=O)O)CC1)C(=O)N2. The van der Waals surface area contributed by atoms with E-state index >= 15 is 0 Å². The summed E-state index contributed by atoms with van der Waals surface area (Å²) < 4.78 is 5.29. The number of urea groups is 1. The van der Waals surface area contributed by atoms with Crippen molar-refractivity contribution in [3.63, 3.8) is 0 Å². The highest BCUT2D eigenvalue weighted by molar-refractivity contribution is 5.91. The van der Waals surface area contributed by atoms with Crippen molar-refractivity contribution in [2.75, 3.05) is 38.6 Å². The number of carbonyl (C=O) groups excluding carboxylic acids is 1. The number of carbonyl (C=O) groups is 2. The molecule has 0 saturated carbocycles. The first kappa shape index (κ1) is 19.5. The van der Waals surface area contributed by atoms with Gasteiger partial charge in [-0.25, -0.2) is 4.79 Å². The number of ether oxygens (including phenoxy) is 1. The minimum atomic E-state index is -0.773. The number of hydrogen-bond acceptors (Lipinski definition) is 4. The summed E-state index contributed by atoms with van der Waals surface area (Å²) in [5.41, 5.74) is 1.18. The highest BCUT2D eigenvalue weighted by Gasteiger charge is 2.34. The summed E-state index contributed by atoms with van der Waals surface area (Å²) in [5.74, 6) is 0.0236. The average molecular weight is 375 g/mol. The number of nitrogens with zero attached hydrogens (tertiary/aromatic N) is 2. The third-order valence-electron chi connectivity index (χ3n) is 5.63. The summed E-state index contributed by atoms with van der Waals surface area (Å²) in [6, 6.07) is 5.87. The fraction of sp³-hybridized carbons (Fsp3) is 0.600. The lowest BCUT2D eigenvalue weighted by molar-refractivity contribution is -0.148. The van der Waals surface area contributed by atoms with Crippen LogP contribution in [0, 0.1) is 5.41 Å². The largest absolute Gasteiger partial charge is 0.497 e. The van der Waals surface area contributed by atoms with Crippen LogP contribution in [-0.4, -0.2) is 66.2 Å². The van der Waals surface area contributed by atoms with Crippen LogP contribution < -0.4 is 10.1 Å². The van der Waals surface area contributed by atoms with Crippen molar-refractivity contribution in [3.8, 4) is 5.75 Å². The Bertz CT molecular complexity index is 711. The standard InChI is InChI=1S/C20H29N3O4/c1-20(2,18(24)25)13-22-9-7-15(8-10-22)23-11-6-14-12-16(27-3)4-5-17(14)21-19(23)26/h4-5,12,15H,6-11,13H2,1-3H3,(H,21,26)(H,24,25). The van der Waals surface area contributed by atoms with Gasteiger partial charge in [0.25, 0.3) is 0 Å². The van der Waals surface area contributed by atoms with E-state index in [-0.39, 0.29) is 12.1 Å². The van der Waals surface area contributed by atoms with Crippen LogP contribution in [0.1, 0.15) is 32.3 Å². The number of methoxy groups -OCH3 is 1. The van der Waals surface area contributed by atoms with Crippen molar-refractivity contribution in [1.82, 2.24) is 9.80 Å². The maximum absolute atomic E-state index is 12.7. The van der Waals surface area contributed by atoms with Crippen LogP contribution in [0.5, 0.6) is 5.75 Å². The molecule has 0 spiro atoms. The van der Waals surface area contributed by atoms with E-state index in [0.717, 1.165) is 49.4 Å². The Kier molecular flexibility index (Phi) is 5.60. The van der Waals surface area contributed by atoms with Crippen LogP contribution in [-0.2, 0) is 11.2 Å². The van der Waals surface area contributed by atoms with Crippen molar-refractivity contribution in [1.29, 1.82) is 0 Å². The molecule has 27 heavy (non-hydrogen) atoms. The second kappa shape index (κ2) is 7.76. The molecule has 148 valence electrons. The second-order valence-electron chi connectivity index (χ2n) is 8.09. The monoisotopic (exact) mass is 375 g/mol. The van der Waals surface area contributed by atoms with E-state index in [4.69, 9.17) is 4.74 Å². The van der Waals surface area contributed by atoms with Crippen LogP contribution >= 0.6 is 0 Å². The van der Waals surface area contributed by atoms with E-state index in [9.17, 15) is 14.7 Å². The maximum Gasteiger partial charge on any atom is 0.322 e. The lowest BCUT2D eigenvalue weighted by Crippen LogP contribution is -2.50. The van der Waals surface area contributed by atoms with Crippen LogP contribution in [0.2, 0.25) is 0 Å². The summed E-state index contributed by atoms with van der Waals surface area (Å²) in [5, 5.41) is 12.3. The number of carboxylic acids is 1. The molecular weight excluding hydrogens is 346 g/mol. The number of amides is 2. The topological polar surface area (TPSA) is 82.1 Å². The Morgan fingerprint density at radius 2 is 2.00 bits per heavy atom. The number of hydrogen-bond donors (Lipinski definition) is 2. The third kappa shape index (κ3) is 4.35. The van der Waals surface area contributed by atoms with Gasteiger partial charge in [0.1, 0.15) is 5.75 Å². The summed E-state index contributed by atoms with van der Waals surface area (Å²) in [4.78, 5) is 28.2. The van der Waals surface area contributed by atoms with Crippen molar-refractivity contribution in [3.05, 3.63) is 23.8 Å². The zero-order valence-electron chi connectivity index (χ0n) is 16.3. The summed E-state index contributed by atoms with van der Waals surface area (Å²) in [7, 11) is 1.64. The molecule has 0 unspecified atom stereocenters. The number of piperidine rings is 1. The van der Waals surface area contributed by atoms with Crippen molar-refractivity contribution in [2.24, 2.45) is 5.41 Å². The molecule has 1 fully saturated rings. The van der Waals surface area contributed by atoms with E-state index < -0.39 is 11.4 Å². The van der Waals surface area contributed by atoms with E-state index in [2.05, 4.69) is 10.2 Å². The van der Waals surface area contributed by atoms with Crippen molar-refractivity contribution in [2.45, 2.75) is 39.2 Å². The van der Waals surface area contributed by atoms with E-state index in [1.165, 1.54) is 0 Å². The van der Waals surface area contributed by atoms with Crippen molar-refractivity contribution >= 4 is 17.7 Å². The van der Waals surface area contributed by atoms with Crippen molar-refractivity contribution < 1.29 is 19.4 Å². The highest BCUT2D eigenvalue weighted by Crippen LogP contribution is 2.28. The van der Waals surface area contributed by atoms with Gasteiger partial charge in [-0.2, -0.15) is 0 Å². The Morgan fingerprint density at radius 1 is 1.30 bits per heavy atom. The maximum atomic E-state index is 12.7. The summed E-state index contributed by atoms with van der Waals surface area (Å²) >= 11 is 0. The normalized spacial score (nSPS) is 19.2. The quantitative estimate of drug-likeness (QED) is 0.827. The fourth-order valence-electron chi connectivity index (χ4n) is 3.92. The molecule has 3 rings (SSSR count). The van der Waals surface area contributed by atoms with Gasteiger partial charge in [0, 0.05) is 37.9 Å². The number of carboxylic acid groups (broad SMARTS) is 1. The number of nitrogens with one attached hydrogen (secondary N) is 1. The molecule has 2 heterocycles. The van der Waals surface area contributed by atoms with Gasteiger partial charge in [-0.05, 0) is 56.9 Å². The minimum Gasteiger partial charge on any atom is -0.497 e. The number of anilines is 1. The smallest absolute Gasteiger partial charge is 0.322 e. The Morgan fingerprint density at radius 3 is 2.63 bits per heavy atom. The molecule has 0 aromatic heterocycles. The van der Waals surface area contributed by atoms with E-state index in [1.807, 2.05) is 23.1 Å². The molecule has 0 aliphatic carbocycles. The Balaban J connectivity index is 1.60. The number of fused-ring (bicyclic) bond motifs is 1. The van der Waals surface area contributed by atoms with Gasteiger partial charge in [0.15, 0.2) is 0 Å². The van der Waals surface area contributed by atoms with Crippen LogP contribution in [0.3, 0.4) is 0 Å². The van der Waals surface area contributed by atoms with Gasteiger partial charge >= 0.3 is 12.0 Å². The summed E-state index contributed by atoms with van der Waals surface area (Å²) in [6.45, 7) is 6.35. The molecule has 0 atom stereocenters. The Labute approximate surface area is 160 Å². The number of likely N-dealkylation sites (tertiary alicyclic amines) is 1. The molecule has 2 aliphatic rings. The van der Waals surface area contributed by atoms with Gasteiger partial charge < -0.3 is 25.0 Å². The number of benzene rings is 1. The van der Waals surface area contributed by atoms with E-state index in [1.54, 1.807) is 21.0 Å². The molecule has 1 aromatic rings. The molecule has 2 aliphatic heterocycles. The molecular formula is C20H29N3O4. The molecule has 0 bridgehead atoms. The fourth-order valence-corrected chi connectivity index (χ4v) is 3.92. The first-order valence-corrected chi connectivity index (χ1v) is 9.50. The molecule has 1 saturated heterocycles. The zero-order valence-corrected chi connectivity index (χ0v) is 16.3. The molecule has 7 heteroatoms.